The van der Waals surface area contributed by atoms with Crippen LogP contribution in [0.15, 0.2) is 27.6 Å². The Hall–Kier alpha value is -1.82. The fourth-order valence-corrected chi connectivity index (χ4v) is 3.06. The van der Waals surface area contributed by atoms with E-state index >= 15 is 0 Å². The first-order chi connectivity index (χ1) is 10.6. The van der Waals surface area contributed by atoms with Gasteiger partial charge in [0.25, 0.3) is 0 Å². The highest BCUT2D eigenvalue weighted by atomic mass is 79.9. The van der Waals surface area contributed by atoms with Gasteiger partial charge in [0.05, 0.1) is 29.1 Å². The summed E-state index contributed by atoms with van der Waals surface area (Å²) in [4.78, 5) is 24.7. The Kier molecular flexibility index (Phi) is 3.95. The predicted octanol–water partition coefficient (Wildman–Crippen LogP) is 3.28. The van der Waals surface area contributed by atoms with E-state index in [1.165, 1.54) is 0 Å². The molecule has 1 heterocycles. The summed E-state index contributed by atoms with van der Waals surface area (Å²) in [5.41, 5.74) is 0.471. The number of fused-ring (bicyclic) bond motifs is 1. The van der Waals surface area contributed by atoms with Crippen LogP contribution in [0.4, 0.5) is 0 Å². The molecular weight excluding hydrogens is 350 g/mol. The van der Waals surface area contributed by atoms with Crippen LogP contribution in [-0.2, 0) is 4.74 Å². The average molecular weight is 366 g/mol. The summed E-state index contributed by atoms with van der Waals surface area (Å²) in [6, 6.07) is 3.76. The van der Waals surface area contributed by atoms with Crippen molar-refractivity contribution in [1.29, 1.82) is 0 Å². The van der Waals surface area contributed by atoms with E-state index in [1.54, 1.807) is 32.4 Å². The van der Waals surface area contributed by atoms with E-state index in [-0.39, 0.29) is 17.6 Å². The highest BCUT2D eigenvalue weighted by Gasteiger charge is 2.29. The van der Waals surface area contributed by atoms with Crippen LogP contribution in [0.2, 0.25) is 0 Å². The SMILES string of the molecule is CCOC(=O)c1cn(C2CC2)c2c(OC)c(Br)ccc2c1=O. The summed E-state index contributed by atoms with van der Waals surface area (Å²) in [6.45, 7) is 1.96. The third-order valence-electron chi connectivity index (χ3n) is 3.74. The van der Waals surface area contributed by atoms with Gasteiger partial charge in [-0.1, -0.05) is 0 Å². The fraction of sp³-hybridized carbons (Fsp3) is 0.375. The molecule has 0 unspecified atom stereocenters. The third kappa shape index (κ3) is 2.41. The number of esters is 1. The molecule has 3 rings (SSSR count). The van der Waals surface area contributed by atoms with Crippen molar-refractivity contribution in [2.75, 3.05) is 13.7 Å². The summed E-state index contributed by atoms with van der Waals surface area (Å²) < 4.78 is 13.2. The summed E-state index contributed by atoms with van der Waals surface area (Å²) in [5.74, 6) is 0.0302. The normalized spacial score (nSPS) is 14.1. The molecule has 0 radical (unpaired) electrons. The van der Waals surface area contributed by atoms with Gasteiger partial charge in [-0.05, 0) is 47.8 Å². The molecule has 0 bridgehead atoms. The van der Waals surface area contributed by atoms with Crippen molar-refractivity contribution in [2.45, 2.75) is 25.8 Å². The quantitative estimate of drug-likeness (QED) is 0.780. The number of hydrogen-bond acceptors (Lipinski definition) is 4. The highest BCUT2D eigenvalue weighted by molar-refractivity contribution is 9.10. The monoisotopic (exact) mass is 365 g/mol. The van der Waals surface area contributed by atoms with Crippen molar-refractivity contribution >= 4 is 32.8 Å². The van der Waals surface area contributed by atoms with Crippen LogP contribution in [0.25, 0.3) is 10.9 Å². The molecule has 2 aromatic rings. The van der Waals surface area contributed by atoms with Crippen molar-refractivity contribution in [1.82, 2.24) is 4.57 Å². The molecule has 1 aromatic carbocycles. The molecule has 1 aliphatic rings. The average Bonchev–Trinajstić information content (AvgIpc) is 3.32. The summed E-state index contributed by atoms with van der Waals surface area (Å²) >= 11 is 3.45. The van der Waals surface area contributed by atoms with E-state index in [0.29, 0.717) is 17.2 Å². The van der Waals surface area contributed by atoms with E-state index in [0.717, 1.165) is 22.8 Å². The van der Waals surface area contributed by atoms with Gasteiger partial charge < -0.3 is 14.0 Å². The van der Waals surface area contributed by atoms with Gasteiger partial charge in [0.1, 0.15) is 5.56 Å². The maximum atomic E-state index is 12.6. The first kappa shape index (κ1) is 15.1. The van der Waals surface area contributed by atoms with Crippen LogP contribution in [0, 0.1) is 0 Å². The van der Waals surface area contributed by atoms with Gasteiger partial charge in [-0.25, -0.2) is 4.79 Å². The summed E-state index contributed by atoms with van der Waals surface area (Å²) in [6.07, 6.45) is 3.65. The molecule has 116 valence electrons. The Bertz CT molecular complexity index is 808. The topological polar surface area (TPSA) is 57.5 Å². The van der Waals surface area contributed by atoms with Crippen molar-refractivity contribution in [3.8, 4) is 5.75 Å². The van der Waals surface area contributed by atoms with Crippen LogP contribution >= 0.6 is 15.9 Å². The molecule has 1 saturated carbocycles. The van der Waals surface area contributed by atoms with Gasteiger partial charge in [-0.15, -0.1) is 0 Å². The van der Waals surface area contributed by atoms with Crippen molar-refractivity contribution in [3.63, 3.8) is 0 Å². The number of ether oxygens (including phenoxy) is 2. The summed E-state index contributed by atoms with van der Waals surface area (Å²) in [5, 5.41) is 0.470. The number of aromatic nitrogens is 1. The standard InChI is InChI=1S/C16H16BrNO4/c1-3-22-16(20)11-8-18(9-4-5-9)13-10(14(11)19)6-7-12(17)15(13)21-2/h6-9H,3-5H2,1-2H3. The second-order valence-corrected chi connectivity index (χ2v) is 6.06. The maximum absolute atomic E-state index is 12.6. The fourth-order valence-electron chi connectivity index (χ4n) is 2.58. The molecule has 22 heavy (non-hydrogen) atoms. The molecule has 0 saturated heterocycles. The molecule has 5 nitrogen and oxygen atoms in total. The van der Waals surface area contributed by atoms with E-state index in [2.05, 4.69) is 15.9 Å². The van der Waals surface area contributed by atoms with E-state index in [1.807, 2.05) is 4.57 Å². The van der Waals surface area contributed by atoms with Crippen LogP contribution in [0.5, 0.6) is 5.75 Å². The third-order valence-corrected chi connectivity index (χ3v) is 4.36. The first-order valence-corrected chi connectivity index (χ1v) is 7.96. The Morgan fingerprint density at radius 1 is 1.41 bits per heavy atom. The number of methoxy groups -OCH3 is 1. The van der Waals surface area contributed by atoms with Gasteiger partial charge in [-0.2, -0.15) is 0 Å². The smallest absolute Gasteiger partial charge is 0.343 e. The number of benzene rings is 1. The first-order valence-electron chi connectivity index (χ1n) is 7.17. The van der Waals surface area contributed by atoms with E-state index in [9.17, 15) is 9.59 Å². The molecule has 0 spiro atoms. The maximum Gasteiger partial charge on any atom is 0.343 e. The van der Waals surface area contributed by atoms with Crippen LogP contribution in [0.3, 0.4) is 0 Å². The number of nitrogens with zero attached hydrogens (tertiary/aromatic N) is 1. The zero-order valence-corrected chi connectivity index (χ0v) is 14.0. The van der Waals surface area contributed by atoms with Crippen LogP contribution < -0.4 is 10.2 Å². The lowest BCUT2D eigenvalue weighted by molar-refractivity contribution is 0.0524. The number of rotatable bonds is 4. The molecule has 1 aromatic heterocycles. The molecule has 0 N–H and O–H groups in total. The van der Waals surface area contributed by atoms with E-state index in [4.69, 9.17) is 9.47 Å². The minimum Gasteiger partial charge on any atom is -0.493 e. The Morgan fingerprint density at radius 2 is 2.14 bits per heavy atom. The minimum absolute atomic E-state index is 0.0747. The van der Waals surface area contributed by atoms with Crippen LogP contribution in [0.1, 0.15) is 36.2 Å². The van der Waals surface area contributed by atoms with Gasteiger partial charge in [0.2, 0.25) is 5.43 Å². The number of pyridine rings is 1. The number of carbonyl (C=O) groups is 1. The van der Waals surface area contributed by atoms with Crippen molar-refractivity contribution in [2.24, 2.45) is 0 Å². The second kappa shape index (κ2) is 5.76. The minimum atomic E-state index is -0.578. The lowest BCUT2D eigenvalue weighted by Crippen LogP contribution is -2.21. The predicted molar refractivity (Wildman–Crippen MR) is 86.7 cm³/mol. The van der Waals surface area contributed by atoms with Gasteiger partial charge in [-0.3, -0.25) is 4.79 Å². The van der Waals surface area contributed by atoms with Gasteiger partial charge >= 0.3 is 5.97 Å². The molecule has 6 heteroatoms. The molecule has 0 atom stereocenters. The summed E-state index contributed by atoms with van der Waals surface area (Å²) in [7, 11) is 1.57. The molecular formula is C16H16BrNO4. The second-order valence-electron chi connectivity index (χ2n) is 5.21. The number of hydrogen-bond donors (Lipinski definition) is 0. The lowest BCUT2D eigenvalue weighted by Gasteiger charge is -2.16. The zero-order chi connectivity index (χ0) is 15.9. The van der Waals surface area contributed by atoms with Gasteiger partial charge in [0.15, 0.2) is 5.75 Å². The molecule has 0 aliphatic heterocycles. The Labute approximate surface area is 136 Å². The number of carbonyl (C=O) groups excluding carboxylic acids is 1. The zero-order valence-electron chi connectivity index (χ0n) is 12.4. The lowest BCUT2D eigenvalue weighted by atomic mass is 10.1. The largest absolute Gasteiger partial charge is 0.493 e. The van der Waals surface area contributed by atoms with Crippen molar-refractivity contribution in [3.05, 3.63) is 38.6 Å². The molecule has 0 amide bonds. The van der Waals surface area contributed by atoms with Crippen LogP contribution in [-0.4, -0.2) is 24.3 Å². The Morgan fingerprint density at radius 3 is 2.73 bits per heavy atom. The van der Waals surface area contributed by atoms with Gasteiger partial charge in [0, 0.05) is 12.2 Å². The Balaban J connectivity index is 2.35. The number of halogens is 1. The van der Waals surface area contributed by atoms with E-state index < -0.39 is 5.97 Å². The highest BCUT2D eigenvalue weighted by Crippen LogP contribution is 2.41. The molecule has 1 aliphatic carbocycles. The van der Waals surface area contributed by atoms with Crippen molar-refractivity contribution < 1.29 is 14.3 Å². The molecule has 1 fully saturated rings.